The van der Waals surface area contributed by atoms with Gasteiger partial charge < -0.3 is 5.43 Å². The Bertz CT molecular complexity index is 785. The van der Waals surface area contributed by atoms with Crippen LogP contribution in [0.2, 0.25) is 5.02 Å². The zero-order valence-corrected chi connectivity index (χ0v) is 12.8. The largest absolute Gasteiger partial charge is 0.301 e. The van der Waals surface area contributed by atoms with E-state index in [4.69, 9.17) is 11.6 Å². The van der Waals surface area contributed by atoms with Gasteiger partial charge in [0.1, 0.15) is 5.69 Å². The molecule has 0 saturated carbocycles. The Morgan fingerprint density at radius 2 is 2.10 bits per heavy atom. The highest BCUT2D eigenvalue weighted by molar-refractivity contribution is 6.31. The standard InChI is InChI=1S/C15H15ClN4O/c1-4-20-15-14(13(9(3)21)8(2)19-20)17-12-7-10(16)5-6-11(12)18-15/h5-7,19H,4H2,1-3H3. The molecule has 0 fully saturated rings. The second kappa shape index (κ2) is 5.00. The molecule has 1 aromatic heterocycles. The molecule has 1 N–H and O–H groups in total. The van der Waals surface area contributed by atoms with E-state index in [-0.39, 0.29) is 5.78 Å². The molecule has 1 aliphatic rings. The zero-order valence-electron chi connectivity index (χ0n) is 12.1. The van der Waals surface area contributed by atoms with E-state index in [0.717, 1.165) is 11.2 Å². The first kappa shape index (κ1) is 13.8. The molecule has 1 aliphatic heterocycles. The maximum atomic E-state index is 12.0. The number of hydrogen-bond donors (Lipinski definition) is 1. The van der Waals surface area contributed by atoms with Crippen LogP contribution in [0.15, 0.2) is 23.9 Å². The number of allylic oxidation sites excluding steroid dienone is 2. The van der Waals surface area contributed by atoms with Crippen LogP contribution in [0.1, 0.15) is 26.5 Å². The molecule has 0 amide bonds. The number of anilines is 1. The molecular formula is C15H15ClN4O. The Balaban J connectivity index is 2.33. The van der Waals surface area contributed by atoms with Crippen molar-refractivity contribution in [3.8, 4) is 0 Å². The van der Waals surface area contributed by atoms with E-state index in [9.17, 15) is 4.79 Å². The SMILES string of the molecule is CCN1NC(C)=C(C(C)=O)c2nc3cc(Cl)ccc3nc21. The monoisotopic (exact) mass is 302 g/mol. The number of aromatic nitrogens is 2. The lowest BCUT2D eigenvalue weighted by molar-refractivity contribution is -0.111. The van der Waals surface area contributed by atoms with Gasteiger partial charge in [-0.2, -0.15) is 0 Å². The lowest BCUT2D eigenvalue weighted by Crippen LogP contribution is -2.41. The number of Topliss-reactive ketones (excluding diaryl/α,β-unsaturated/α-hetero) is 1. The van der Waals surface area contributed by atoms with Crippen molar-refractivity contribution in [2.75, 3.05) is 11.6 Å². The summed E-state index contributed by atoms with van der Waals surface area (Å²) in [5, 5.41) is 2.49. The van der Waals surface area contributed by atoms with E-state index in [1.807, 2.05) is 24.9 Å². The number of halogens is 1. The van der Waals surface area contributed by atoms with Crippen LogP contribution in [-0.2, 0) is 4.79 Å². The number of carbonyl (C=O) groups excluding carboxylic acids is 1. The third kappa shape index (κ3) is 2.23. The first-order valence-corrected chi connectivity index (χ1v) is 7.12. The Labute approximate surface area is 127 Å². The third-order valence-electron chi connectivity index (χ3n) is 3.45. The van der Waals surface area contributed by atoms with E-state index in [1.54, 1.807) is 12.1 Å². The second-order valence-corrected chi connectivity index (χ2v) is 5.38. The molecule has 6 heteroatoms. The van der Waals surface area contributed by atoms with Gasteiger partial charge in [-0.05, 0) is 39.0 Å². The van der Waals surface area contributed by atoms with Gasteiger partial charge in [0, 0.05) is 17.3 Å². The number of hydrazine groups is 1. The molecule has 0 unspecified atom stereocenters. The summed E-state index contributed by atoms with van der Waals surface area (Å²) < 4.78 is 0. The molecule has 0 radical (unpaired) electrons. The van der Waals surface area contributed by atoms with Crippen LogP contribution in [0.4, 0.5) is 5.82 Å². The first-order valence-electron chi connectivity index (χ1n) is 6.75. The summed E-state index contributed by atoms with van der Waals surface area (Å²) in [5.74, 6) is 0.635. The highest BCUT2D eigenvalue weighted by atomic mass is 35.5. The summed E-state index contributed by atoms with van der Waals surface area (Å²) in [6.45, 7) is 6.13. The lowest BCUT2D eigenvalue weighted by Gasteiger charge is -2.31. The van der Waals surface area contributed by atoms with E-state index < -0.39 is 0 Å². The molecule has 3 rings (SSSR count). The topological polar surface area (TPSA) is 58.1 Å². The fourth-order valence-electron chi connectivity index (χ4n) is 2.52. The molecule has 0 saturated heterocycles. The van der Waals surface area contributed by atoms with Gasteiger partial charge in [-0.3, -0.25) is 9.80 Å². The van der Waals surface area contributed by atoms with Gasteiger partial charge in [0.15, 0.2) is 11.6 Å². The van der Waals surface area contributed by atoms with Gasteiger partial charge in [-0.15, -0.1) is 0 Å². The number of rotatable bonds is 2. The molecule has 1 aromatic carbocycles. The summed E-state index contributed by atoms with van der Waals surface area (Å²) >= 11 is 6.02. The van der Waals surface area contributed by atoms with Gasteiger partial charge in [0.2, 0.25) is 0 Å². The summed E-state index contributed by atoms with van der Waals surface area (Å²) in [6.07, 6.45) is 0. The molecule has 0 aliphatic carbocycles. The fraction of sp³-hybridized carbons (Fsp3) is 0.267. The Hall–Kier alpha value is -2.14. The maximum absolute atomic E-state index is 12.0. The van der Waals surface area contributed by atoms with Crippen molar-refractivity contribution in [3.05, 3.63) is 34.6 Å². The Morgan fingerprint density at radius 1 is 1.33 bits per heavy atom. The van der Waals surface area contributed by atoms with Crippen LogP contribution in [0.3, 0.4) is 0 Å². The van der Waals surface area contributed by atoms with Crippen molar-refractivity contribution < 1.29 is 4.79 Å². The van der Waals surface area contributed by atoms with Crippen LogP contribution >= 0.6 is 11.6 Å². The van der Waals surface area contributed by atoms with Gasteiger partial charge in [0.25, 0.3) is 0 Å². The highest BCUT2D eigenvalue weighted by Gasteiger charge is 2.27. The van der Waals surface area contributed by atoms with Crippen molar-refractivity contribution in [2.45, 2.75) is 20.8 Å². The predicted octanol–water partition coefficient (Wildman–Crippen LogP) is 2.95. The minimum absolute atomic E-state index is 0.0346. The predicted molar refractivity (Wildman–Crippen MR) is 84.0 cm³/mol. The number of hydrogen-bond acceptors (Lipinski definition) is 5. The van der Waals surface area contributed by atoms with Crippen molar-refractivity contribution in [2.24, 2.45) is 0 Å². The van der Waals surface area contributed by atoms with Gasteiger partial charge in [0.05, 0.1) is 16.6 Å². The average Bonchev–Trinajstić information content (AvgIpc) is 2.43. The summed E-state index contributed by atoms with van der Waals surface area (Å²) in [6, 6.07) is 5.37. The van der Waals surface area contributed by atoms with Crippen molar-refractivity contribution in [1.82, 2.24) is 15.4 Å². The van der Waals surface area contributed by atoms with Crippen LogP contribution < -0.4 is 10.4 Å². The zero-order chi connectivity index (χ0) is 15.1. The highest BCUT2D eigenvalue weighted by Crippen LogP contribution is 2.32. The van der Waals surface area contributed by atoms with Crippen molar-refractivity contribution in [1.29, 1.82) is 0 Å². The minimum Gasteiger partial charge on any atom is -0.301 e. The van der Waals surface area contributed by atoms with Gasteiger partial charge >= 0.3 is 0 Å². The second-order valence-electron chi connectivity index (χ2n) is 4.94. The van der Waals surface area contributed by atoms with Crippen LogP contribution in [0.5, 0.6) is 0 Å². The average molecular weight is 303 g/mol. The van der Waals surface area contributed by atoms with Crippen LogP contribution in [0, 0.1) is 0 Å². The summed E-state index contributed by atoms with van der Waals surface area (Å²) in [4.78, 5) is 21.2. The molecule has 5 nitrogen and oxygen atoms in total. The van der Waals surface area contributed by atoms with E-state index in [0.29, 0.717) is 34.2 Å². The molecule has 2 aromatic rings. The fourth-order valence-corrected chi connectivity index (χ4v) is 2.69. The maximum Gasteiger partial charge on any atom is 0.174 e. The number of benzene rings is 1. The molecule has 2 heterocycles. The quantitative estimate of drug-likeness (QED) is 0.924. The number of carbonyl (C=O) groups is 1. The molecule has 0 atom stereocenters. The van der Waals surface area contributed by atoms with Crippen molar-refractivity contribution >= 4 is 39.8 Å². The van der Waals surface area contributed by atoms with Gasteiger partial charge in [-0.25, -0.2) is 9.97 Å². The van der Waals surface area contributed by atoms with E-state index >= 15 is 0 Å². The lowest BCUT2D eigenvalue weighted by atomic mass is 10.0. The molecule has 0 spiro atoms. The number of nitrogens with zero attached hydrogens (tertiary/aromatic N) is 3. The normalized spacial score (nSPS) is 14.2. The minimum atomic E-state index is -0.0346. The number of fused-ring (bicyclic) bond motifs is 2. The molecule has 0 bridgehead atoms. The van der Waals surface area contributed by atoms with E-state index in [2.05, 4.69) is 15.4 Å². The first-order chi connectivity index (χ1) is 10.0. The molecular weight excluding hydrogens is 288 g/mol. The Morgan fingerprint density at radius 3 is 2.76 bits per heavy atom. The smallest absolute Gasteiger partial charge is 0.174 e. The van der Waals surface area contributed by atoms with E-state index in [1.165, 1.54) is 6.92 Å². The summed E-state index contributed by atoms with van der Waals surface area (Å²) in [7, 11) is 0. The third-order valence-corrected chi connectivity index (χ3v) is 3.68. The van der Waals surface area contributed by atoms with Crippen LogP contribution in [-0.4, -0.2) is 22.3 Å². The van der Waals surface area contributed by atoms with Gasteiger partial charge in [-0.1, -0.05) is 11.6 Å². The summed E-state index contributed by atoms with van der Waals surface area (Å²) in [5.41, 5.74) is 6.59. The Kier molecular flexibility index (Phi) is 3.29. The number of ketones is 1. The molecule has 108 valence electrons. The van der Waals surface area contributed by atoms with Crippen molar-refractivity contribution in [3.63, 3.8) is 0 Å². The number of nitrogens with one attached hydrogen (secondary N) is 1. The molecule has 21 heavy (non-hydrogen) atoms. The van der Waals surface area contributed by atoms with Crippen LogP contribution in [0.25, 0.3) is 16.6 Å².